The first-order chi connectivity index (χ1) is 11.5. The Morgan fingerprint density at radius 2 is 1.75 bits per heavy atom. The summed E-state index contributed by atoms with van der Waals surface area (Å²) in [7, 11) is 0. The first-order valence-corrected chi connectivity index (χ1v) is 9.44. The van der Waals surface area contributed by atoms with Crippen LogP contribution in [0.2, 0.25) is 0 Å². The highest BCUT2D eigenvalue weighted by molar-refractivity contribution is 5.76. The van der Waals surface area contributed by atoms with Gasteiger partial charge in [0.05, 0.1) is 12.5 Å². The lowest BCUT2D eigenvalue weighted by atomic mass is 9.97. The van der Waals surface area contributed by atoms with Crippen molar-refractivity contribution in [1.29, 1.82) is 0 Å². The van der Waals surface area contributed by atoms with Gasteiger partial charge in [0.15, 0.2) is 0 Å². The molecular weight excluding hydrogens is 306 g/mol. The van der Waals surface area contributed by atoms with Crippen LogP contribution in [0.15, 0.2) is 0 Å². The molecule has 2 aliphatic heterocycles. The summed E-state index contributed by atoms with van der Waals surface area (Å²) in [6, 6.07) is 0.369. The first-order valence-electron chi connectivity index (χ1n) is 9.44. The topological polar surface area (TPSA) is 61.9 Å². The Bertz CT molecular complexity index is 414. The standard InChI is InChI=1S/C18H33N3O3/c1-4-24-17(22)16-7-11-21(12-8-16)18(23)19-13-15(3)20-9-5-14(2)6-10-20/h14-16H,4-13H2,1-3H3,(H,19,23). The van der Waals surface area contributed by atoms with E-state index in [4.69, 9.17) is 4.74 Å². The molecule has 2 amide bonds. The molecule has 2 heterocycles. The molecule has 1 unspecified atom stereocenters. The van der Waals surface area contributed by atoms with E-state index in [1.807, 2.05) is 11.8 Å². The maximum Gasteiger partial charge on any atom is 0.317 e. The van der Waals surface area contributed by atoms with Crippen LogP contribution < -0.4 is 5.32 Å². The number of ether oxygens (including phenoxy) is 1. The van der Waals surface area contributed by atoms with Crippen molar-refractivity contribution in [3.05, 3.63) is 0 Å². The molecule has 2 aliphatic rings. The van der Waals surface area contributed by atoms with Crippen LogP contribution in [-0.2, 0) is 9.53 Å². The normalized spacial score (nSPS) is 22.2. The van der Waals surface area contributed by atoms with E-state index in [0.29, 0.717) is 45.1 Å². The van der Waals surface area contributed by atoms with Crippen molar-refractivity contribution in [3.63, 3.8) is 0 Å². The van der Waals surface area contributed by atoms with Gasteiger partial charge >= 0.3 is 12.0 Å². The number of hydrogen-bond acceptors (Lipinski definition) is 4. The van der Waals surface area contributed by atoms with E-state index in [0.717, 1.165) is 19.0 Å². The molecule has 1 N–H and O–H groups in total. The molecule has 2 fully saturated rings. The smallest absolute Gasteiger partial charge is 0.317 e. The van der Waals surface area contributed by atoms with E-state index in [9.17, 15) is 9.59 Å². The average molecular weight is 339 g/mol. The molecule has 24 heavy (non-hydrogen) atoms. The van der Waals surface area contributed by atoms with Gasteiger partial charge in [0.2, 0.25) is 0 Å². The molecule has 1 atom stereocenters. The highest BCUT2D eigenvalue weighted by Gasteiger charge is 2.28. The lowest BCUT2D eigenvalue weighted by Gasteiger charge is -2.36. The van der Waals surface area contributed by atoms with Crippen molar-refractivity contribution in [3.8, 4) is 0 Å². The minimum absolute atomic E-state index is 0.00506. The Kier molecular flexibility index (Phi) is 7.34. The number of hydrogen-bond donors (Lipinski definition) is 1. The predicted molar refractivity (Wildman–Crippen MR) is 93.8 cm³/mol. The van der Waals surface area contributed by atoms with Crippen LogP contribution in [0.5, 0.6) is 0 Å². The van der Waals surface area contributed by atoms with Crippen LogP contribution in [0.1, 0.15) is 46.5 Å². The van der Waals surface area contributed by atoms with Crippen molar-refractivity contribution >= 4 is 12.0 Å². The number of rotatable bonds is 5. The Morgan fingerprint density at radius 3 is 2.33 bits per heavy atom. The van der Waals surface area contributed by atoms with Crippen molar-refractivity contribution in [2.24, 2.45) is 11.8 Å². The van der Waals surface area contributed by atoms with Crippen molar-refractivity contribution in [2.45, 2.75) is 52.5 Å². The number of nitrogens with zero attached hydrogens (tertiary/aromatic N) is 2. The maximum absolute atomic E-state index is 12.3. The van der Waals surface area contributed by atoms with E-state index >= 15 is 0 Å². The summed E-state index contributed by atoms with van der Waals surface area (Å²) in [4.78, 5) is 28.3. The highest BCUT2D eigenvalue weighted by Crippen LogP contribution is 2.19. The number of amides is 2. The second-order valence-corrected chi connectivity index (χ2v) is 7.27. The minimum atomic E-state index is -0.120. The zero-order valence-corrected chi connectivity index (χ0v) is 15.4. The van der Waals surface area contributed by atoms with Gasteiger partial charge in [-0.3, -0.25) is 9.69 Å². The molecule has 0 aromatic heterocycles. The Hall–Kier alpha value is -1.30. The predicted octanol–water partition coefficient (Wildman–Crippen LogP) is 2.09. The number of likely N-dealkylation sites (tertiary alicyclic amines) is 2. The van der Waals surface area contributed by atoms with Crippen molar-refractivity contribution in [1.82, 2.24) is 15.1 Å². The van der Waals surface area contributed by atoms with Gasteiger partial charge in [0.25, 0.3) is 0 Å². The molecule has 0 bridgehead atoms. The van der Waals surface area contributed by atoms with E-state index in [-0.39, 0.29) is 17.9 Å². The molecule has 0 aliphatic carbocycles. The Labute approximate surface area is 145 Å². The molecule has 6 heteroatoms. The summed E-state index contributed by atoms with van der Waals surface area (Å²) in [6.45, 7) is 10.9. The lowest BCUT2D eigenvalue weighted by molar-refractivity contribution is -0.149. The minimum Gasteiger partial charge on any atom is -0.466 e. The van der Waals surface area contributed by atoms with Gasteiger partial charge in [-0.15, -0.1) is 0 Å². The highest BCUT2D eigenvalue weighted by atomic mass is 16.5. The summed E-state index contributed by atoms with van der Waals surface area (Å²) in [5.41, 5.74) is 0. The van der Waals surface area contributed by atoms with Crippen molar-refractivity contribution in [2.75, 3.05) is 39.3 Å². The Balaban J connectivity index is 1.67. The SMILES string of the molecule is CCOC(=O)C1CCN(C(=O)NCC(C)N2CCC(C)CC2)CC1. The quantitative estimate of drug-likeness (QED) is 0.779. The largest absolute Gasteiger partial charge is 0.466 e. The van der Waals surface area contributed by atoms with Crippen LogP contribution in [0, 0.1) is 11.8 Å². The first kappa shape index (κ1) is 19.0. The summed E-state index contributed by atoms with van der Waals surface area (Å²) in [5.74, 6) is 0.650. The molecule has 0 radical (unpaired) electrons. The third kappa shape index (κ3) is 5.36. The molecular formula is C18H33N3O3. The molecule has 0 aromatic carbocycles. The van der Waals surface area contributed by atoms with Gasteiger partial charge < -0.3 is 15.0 Å². The molecule has 2 rings (SSSR count). The van der Waals surface area contributed by atoms with Crippen molar-refractivity contribution < 1.29 is 14.3 Å². The van der Waals surface area contributed by atoms with Gasteiger partial charge in [-0.1, -0.05) is 6.92 Å². The molecule has 2 saturated heterocycles. The number of esters is 1. The fourth-order valence-electron chi connectivity index (χ4n) is 3.52. The number of carbonyl (C=O) groups is 2. The third-order valence-corrected chi connectivity index (χ3v) is 5.39. The number of nitrogens with one attached hydrogen (secondary N) is 1. The van der Waals surface area contributed by atoms with E-state index in [1.165, 1.54) is 12.8 Å². The Morgan fingerprint density at radius 1 is 1.12 bits per heavy atom. The average Bonchev–Trinajstić information content (AvgIpc) is 2.60. The molecule has 0 saturated carbocycles. The molecule has 138 valence electrons. The number of piperidine rings is 2. The third-order valence-electron chi connectivity index (χ3n) is 5.39. The van der Waals surface area contributed by atoms with E-state index in [1.54, 1.807) is 0 Å². The van der Waals surface area contributed by atoms with Gasteiger partial charge in [0, 0.05) is 25.7 Å². The number of urea groups is 1. The summed E-state index contributed by atoms with van der Waals surface area (Å²) in [6.07, 6.45) is 3.90. The fourth-order valence-corrected chi connectivity index (χ4v) is 3.52. The van der Waals surface area contributed by atoms with Gasteiger partial charge in [-0.05, 0) is 58.5 Å². The molecule has 0 spiro atoms. The monoisotopic (exact) mass is 339 g/mol. The van der Waals surface area contributed by atoms with E-state index in [2.05, 4.69) is 24.1 Å². The lowest BCUT2D eigenvalue weighted by Crippen LogP contribution is -2.50. The van der Waals surface area contributed by atoms with Gasteiger partial charge in [-0.25, -0.2) is 4.79 Å². The number of carbonyl (C=O) groups excluding carboxylic acids is 2. The van der Waals surface area contributed by atoms with E-state index < -0.39 is 0 Å². The van der Waals surface area contributed by atoms with Crippen LogP contribution in [0.3, 0.4) is 0 Å². The summed E-state index contributed by atoms with van der Waals surface area (Å²) in [5, 5.41) is 3.06. The van der Waals surface area contributed by atoms with Crippen LogP contribution in [-0.4, -0.2) is 67.2 Å². The molecule has 6 nitrogen and oxygen atoms in total. The van der Waals surface area contributed by atoms with Gasteiger partial charge in [0.1, 0.15) is 0 Å². The fraction of sp³-hybridized carbons (Fsp3) is 0.889. The zero-order valence-electron chi connectivity index (χ0n) is 15.4. The van der Waals surface area contributed by atoms with Crippen LogP contribution in [0.4, 0.5) is 4.79 Å². The summed E-state index contributed by atoms with van der Waals surface area (Å²) < 4.78 is 5.07. The van der Waals surface area contributed by atoms with Crippen LogP contribution >= 0.6 is 0 Å². The zero-order chi connectivity index (χ0) is 17.5. The van der Waals surface area contributed by atoms with Gasteiger partial charge in [-0.2, -0.15) is 0 Å². The second kappa shape index (κ2) is 9.25. The maximum atomic E-state index is 12.3. The molecule has 0 aromatic rings. The van der Waals surface area contributed by atoms with Crippen LogP contribution in [0.25, 0.3) is 0 Å². The second-order valence-electron chi connectivity index (χ2n) is 7.27. The summed E-state index contributed by atoms with van der Waals surface area (Å²) >= 11 is 0.